The first-order valence-corrected chi connectivity index (χ1v) is 11.6. The number of aromatic nitrogens is 2. The number of nitrogens with zero attached hydrogens (tertiary/aromatic N) is 3. The lowest BCUT2D eigenvalue weighted by Gasteiger charge is -2.34. The number of piperidine rings is 1. The smallest absolute Gasteiger partial charge is 0.397 e. The lowest BCUT2D eigenvalue weighted by Crippen LogP contribution is -2.44. The second kappa shape index (κ2) is 9.53. The van der Waals surface area contributed by atoms with Gasteiger partial charge in [0.25, 0.3) is 5.91 Å². The van der Waals surface area contributed by atoms with Crippen LogP contribution in [0, 0.1) is 0 Å². The SMILES string of the molecule is NC(=O)c1sc2nc(N3CCC(NCC(O)c4ccc(Cl)nc4)CC3)cc(C(F)(F)F)c2c1N. The highest BCUT2D eigenvalue weighted by atomic mass is 35.5. The van der Waals surface area contributed by atoms with E-state index < -0.39 is 23.8 Å². The van der Waals surface area contributed by atoms with Crippen LogP contribution >= 0.6 is 22.9 Å². The number of amides is 1. The summed E-state index contributed by atoms with van der Waals surface area (Å²) in [6, 6.07) is 4.36. The van der Waals surface area contributed by atoms with E-state index in [2.05, 4.69) is 15.3 Å². The average Bonchev–Trinajstić information content (AvgIpc) is 3.13. The van der Waals surface area contributed by atoms with Crippen LogP contribution in [0.4, 0.5) is 24.7 Å². The molecule has 0 saturated carbocycles. The lowest BCUT2D eigenvalue weighted by molar-refractivity contribution is -0.136. The van der Waals surface area contributed by atoms with Crippen LogP contribution in [0.3, 0.4) is 0 Å². The molecule has 0 spiro atoms. The maximum atomic E-state index is 13.8. The largest absolute Gasteiger partial charge is 0.417 e. The van der Waals surface area contributed by atoms with Crippen LogP contribution in [-0.2, 0) is 6.18 Å². The Labute approximate surface area is 201 Å². The molecule has 0 aliphatic carbocycles. The Morgan fingerprint density at radius 3 is 2.65 bits per heavy atom. The number of aliphatic hydroxyl groups is 1. The van der Waals surface area contributed by atoms with E-state index in [1.807, 2.05) is 0 Å². The maximum absolute atomic E-state index is 13.8. The van der Waals surface area contributed by atoms with Gasteiger partial charge in [-0.2, -0.15) is 13.2 Å². The minimum atomic E-state index is -4.67. The summed E-state index contributed by atoms with van der Waals surface area (Å²) in [5.74, 6) is -0.721. The molecule has 13 heteroatoms. The molecule has 6 N–H and O–H groups in total. The number of nitrogens with two attached hydrogens (primary N) is 2. The fourth-order valence-corrected chi connectivity index (χ4v) is 5.05. The van der Waals surface area contributed by atoms with Gasteiger partial charge < -0.3 is 26.8 Å². The Balaban J connectivity index is 1.46. The van der Waals surface area contributed by atoms with Crippen molar-refractivity contribution < 1.29 is 23.1 Å². The maximum Gasteiger partial charge on any atom is 0.417 e. The highest BCUT2D eigenvalue weighted by molar-refractivity contribution is 7.21. The number of aliphatic hydroxyl groups excluding tert-OH is 1. The normalized spacial score (nSPS) is 16.2. The number of thiophene rings is 1. The van der Waals surface area contributed by atoms with E-state index in [9.17, 15) is 23.1 Å². The number of hydrogen-bond acceptors (Lipinski definition) is 8. The number of alkyl halides is 3. The van der Waals surface area contributed by atoms with Crippen LogP contribution in [0.25, 0.3) is 10.2 Å². The third-order valence-electron chi connectivity index (χ3n) is 5.77. The minimum absolute atomic E-state index is 0.0241. The molecule has 1 fully saturated rings. The zero-order valence-corrected chi connectivity index (χ0v) is 19.3. The predicted molar refractivity (Wildman–Crippen MR) is 125 cm³/mol. The van der Waals surface area contributed by atoms with E-state index in [0.717, 1.165) is 17.4 Å². The van der Waals surface area contributed by atoms with Gasteiger partial charge in [0.1, 0.15) is 20.7 Å². The number of rotatable bonds is 6. The molecule has 34 heavy (non-hydrogen) atoms. The van der Waals surface area contributed by atoms with Crippen LogP contribution in [-0.4, -0.2) is 46.7 Å². The summed E-state index contributed by atoms with van der Waals surface area (Å²) in [4.78, 5) is 21.6. The molecular formula is C21H22ClF3N6O2S. The standard InChI is InChI=1S/C21H22ClF3N6O2S/c22-14-2-1-10(8-29-14)13(32)9-28-11-3-5-31(6-4-11)15-7-12(21(23,24)25)16-17(26)18(19(27)33)34-20(16)30-15/h1-2,7-8,11,13,28,32H,3-6,9,26H2,(H2,27,33). The van der Waals surface area contributed by atoms with E-state index >= 15 is 0 Å². The first kappa shape index (κ1) is 24.5. The molecule has 1 atom stereocenters. The van der Waals surface area contributed by atoms with Gasteiger partial charge in [-0.05, 0) is 25.0 Å². The molecule has 1 unspecified atom stereocenters. The van der Waals surface area contributed by atoms with Gasteiger partial charge in [-0.25, -0.2) is 9.97 Å². The second-order valence-corrected chi connectivity index (χ2v) is 9.40. The summed E-state index contributed by atoms with van der Waals surface area (Å²) in [6.07, 6.45) is -2.63. The van der Waals surface area contributed by atoms with Gasteiger partial charge in [0, 0.05) is 42.8 Å². The molecule has 4 rings (SSSR count). The number of fused-ring (bicyclic) bond motifs is 1. The molecule has 3 aromatic heterocycles. The average molecular weight is 515 g/mol. The summed E-state index contributed by atoms with van der Waals surface area (Å²) >= 11 is 6.52. The van der Waals surface area contributed by atoms with E-state index in [-0.39, 0.29) is 32.6 Å². The molecule has 1 saturated heterocycles. The minimum Gasteiger partial charge on any atom is -0.397 e. The highest BCUT2D eigenvalue weighted by Crippen LogP contribution is 2.43. The fourth-order valence-electron chi connectivity index (χ4n) is 3.97. The topological polar surface area (TPSA) is 130 Å². The van der Waals surface area contributed by atoms with Crippen molar-refractivity contribution in [2.45, 2.75) is 31.2 Å². The summed E-state index contributed by atoms with van der Waals surface area (Å²) in [5, 5.41) is 13.7. The third kappa shape index (κ3) is 5.04. The van der Waals surface area contributed by atoms with E-state index in [4.69, 9.17) is 23.1 Å². The number of primary amides is 1. The lowest BCUT2D eigenvalue weighted by atomic mass is 10.0. The van der Waals surface area contributed by atoms with Gasteiger partial charge in [-0.3, -0.25) is 4.79 Å². The van der Waals surface area contributed by atoms with E-state index in [1.54, 1.807) is 17.0 Å². The fraction of sp³-hybridized carbons (Fsp3) is 0.381. The van der Waals surface area contributed by atoms with Crippen molar-refractivity contribution >= 4 is 50.6 Å². The molecule has 182 valence electrons. The third-order valence-corrected chi connectivity index (χ3v) is 7.11. The second-order valence-electron chi connectivity index (χ2n) is 8.01. The van der Waals surface area contributed by atoms with Crippen molar-refractivity contribution in [3.05, 3.63) is 45.6 Å². The number of halogens is 4. The van der Waals surface area contributed by atoms with Crippen LogP contribution < -0.4 is 21.7 Å². The first-order chi connectivity index (χ1) is 16.0. The molecule has 3 aromatic rings. The molecular weight excluding hydrogens is 493 g/mol. The van der Waals surface area contributed by atoms with Crippen molar-refractivity contribution in [2.24, 2.45) is 5.73 Å². The number of hydrogen-bond donors (Lipinski definition) is 4. The summed E-state index contributed by atoms with van der Waals surface area (Å²) in [5.41, 5.74) is 10.5. The number of nitrogens with one attached hydrogen (secondary N) is 1. The molecule has 4 heterocycles. The zero-order valence-electron chi connectivity index (χ0n) is 17.8. The molecule has 0 radical (unpaired) electrons. The summed E-state index contributed by atoms with van der Waals surface area (Å²) in [7, 11) is 0. The van der Waals surface area contributed by atoms with Crippen molar-refractivity contribution in [3.8, 4) is 0 Å². The van der Waals surface area contributed by atoms with Gasteiger partial charge >= 0.3 is 6.18 Å². The Hall–Kier alpha value is -2.67. The van der Waals surface area contributed by atoms with E-state index in [1.165, 1.54) is 6.20 Å². The molecule has 0 bridgehead atoms. The number of carbonyl (C=O) groups is 1. The Morgan fingerprint density at radius 1 is 1.35 bits per heavy atom. The van der Waals surface area contributed by atoms with Gasteiger partial charge in [-0.15, -0.1) is 11.3 Å². The first-order valence-electron chi connectivity index (χ1n) is 10.4. The molecule has 1 aliphatic heterocycles. The summed E-state index contributed by atoms with van der Waals surface area (Å²) < 4.78 is 41.4. The Kier molecular flexibility index (Phi) is 6.85. The zero-order chi connectivity index (χ0) is 24.6. The number of nitrogen functional groups attached to an aromatic ring is 1. The van der Waals surface area contributed by atoms with Crippen LogP contribution in [0.2, 0.25) is 5.15 Å². The molecule has 8 nitrogen and oxygen atoms in total. The Bertz CT molecular complexity index is 1200. The van der Waals surface area contributed by atoms with Crippen molar-refractivity contribution in [1.29, 1.82) is 0 Å². The molecule has 0 aromatic carbocycles. The van der Waals surface area contributed by atoms with Crippen LogP contribution in [0.15, 0.2) is 24.4 Å². The van der Waals surface area contributed by atoms with Crippen molar-refractivity contribution in [2.75, 3.05) is 30.3 Å². The number of carbonyl (C=O) groups excluding carboxylic acids is 1. The number of pyridine rings is 2. The van der Waals surface area contributed by atoms with E-state index in [0.29, 0.717) is 43.2 Å². The van der Waals surface area contributed by atoms with Crippen LogP contribution in [0.5, 0.6) is 0 Å². The van der Waals surface area contributed by atoms with Crippen molar-refractivity contribution in [1.82, 2.24) is 15.3 Å². The Morgan fingerprint density at radius 2 is 2.06 bits per heavy atom. The summed E-state index contributed by atoms with van der Waals surface area (Å²) in [6.45, 7) is 1.24. The quantitative estimate of drug-likeness (QED) is 0.371. The highest BCUT2D eigenvalue weighted by Gasteiger charge is 2.37. The van der Waals surface area contributed by atoms with Gasteiger partial charge in [0.2, 0.25) is 0 Å². The van der Waals surface area contributed by atoms with Gasteiger partial charge in [0.15, 0.2) is 0 Å². The van der Waals surface area contributed by atoms with Gasteiger partial charge in [-0.1, -0.05) is 17.7 Å². The van der Waals surface area contributed by atoms with Crippen LogP contribution in [0.1, 0.15) is 39.7 Å². The van der Waals surface area contributed by atoms with Crippen molar-refractivity contribution in [3.63, 3.8) is 0 Å². The molecule has 1 aliphatic rings. The monoisotopic (exact) mass is 514 g/mol. The van der Waals surface area contributed by atoms with Gasteiger partial charge in [0.05, 0.1) is 17.4 Å². The number of anilines is 2. The predicted octanol–water partition coefficient (Wildman–Crippen LogP) is 3.34. The molecule has 1 amide bonds.